The number of anilines is 2. The summed E-state index contributed by atoms with van der Waals surface area (Å²) in [5, 5.41) is 3.39. The summed E-state index contributed by atoms with van der Waals surface area (Å²) < 4.78 is 0. The van der Waals surface area contributed by atoms with Gasteiger partial charge in [-0.1, -0.05) is 20.8 Å². The quantitative estimate of drug-likeness (QED) is 0.744. The Morgan fingerprint density at radius 3 is 2.40 bits per heavy atom. The molecular formula is C16H30N4. The van der Waals surface area contributed by atoms with Crippen LogP contribution in [0.25, 0.3) is 0 Å². The molecule has 0 aliphatic heterocycles. The van der Waals surface area contributed by atoms with Crippen LogP contribution >= 0.6 is 0 Å². The van der Waals surface area contributed by atoms with Crippen molar-refractivity contribution in [2.45, 2.75) is 66.3 Å². The second kappa shape index (κ2) is 8.77. The van der Waals surface area contributed by atoms with E-state index in [1.54, 1.807) is 0 Å². The third-order valence-corrected chi connectivity index (χ3v) is 3.17. The van der Waals surface area contributed by atoms with Crippen LogP contribution in [0.5, 0.6) is 0 Å². The molecule has 1 aromatic rings. The number of nitrogens with one attached hydrogen (secondary N) is 1. The van der Waals surface area contributed by atoms with Crippen LogP contribution in [0, 0.1) is 0 Å². The Morgan fingerprint density at radius 2 is 1.85 bits per heavy atom. The van der Waals surface area contributed by atoms with E-state index in [4.69, 9.17) is 4.98 Å². The van der Waals surface area contributed by atoms with E-state index in [-0.39, 0.29) is 0 Å². The summed E-state index contributed by atoms with van der Waals surface area (Å²) in [6.07, 6.45) is 4.24. The van der Waals surface area contributed by atoms with E-state index in [0.717, 1.165) is 56.2 Å². The van der Waals surface area contributed by atoms with Crippen molar-refractivity contribution in [3.63, 3.8) is 0 Å². The molecule has 0 atom stereocenters. The van der Waals surface area contributed by atoms with Gasteiger partial charge in [0.15, 0.2) is 0 Å². The fourth-order valence-corrected chi connectivity index (χ4v) is 2.19. The molecule has 0 bridgehead atoms. The third kappa shape index (κ3) is 4.99. The maximum Gasteiger partial charge on any atom is 0.134 e. The Hall–Kier alpha value is -1.32. The summed E-state index contributed by atoms with van der Waals surface area (Å²) in [7, 11) is 0. The minimum atomic E-state index is 0.457. The summed E-state index contributed by atoms with van der Waals surface area (Å²) in [6.45, 7) is 13.0. The van der Waals surface area contributed by atoms with E-state index < -0.39 is 0 Å². The van der Waals surface area contributed by atoms with Crippen LogP contribution in [0.4, 0.5) is 11.6 Å². The van der Waals surface area contributed by atoms with Gasteiger partial charge in [-0.15, -0.1) is 0 Å². The van der Waals surface area contributed by atoms with Gasteiger partial charge in [0, 0.05) is 31.6 Å². The van der Waals surface area contributed by atoms with Gasteiger partial charge in [0.2, 0.25) is 0 Å². The van der Waals surface area contributed by atoms with Crippen LogP contribution in [-0.4, -0.2) is 29.1 Å². The molecule has 1 N–H and O–H groups in total. The smallest absolute Gasteiger partial charge is 0.134 e. The second-order valence-electron chi connectivity index (χ2n) is 5.49. The number of hydrogen-bond acceptors (Lipinski definition) is 4. The van der Waals surface area contributed by atoms with E-state index in [1.807, 2.05) is 0 Å². The monoisotopic (exact) mass is 278 g/mol. The van der Waals surface area contributed by atoms with Crippen LogP contribution in [0.2, 0.25) is 0 Å². The number of nitrogens with zero attached hydrogens (tertiary/aromatic N) is 3. The van der Waals surface area contributed by atoms with Crippen molar-refractivity contribution in [2.24, 2.45) is 0 Å². The zero-order valence-corrected chi connectivity index (χ0v) is 13.7. The van der Waals surface area contributed by atoms with Crippen LogP contribution in [0.15, 0.2) is 6.07 Å². The second-order valence-corrected chi connectivity index (χ2v) is 5.49. The molecule has 0 amide bonds. The van der Waals surface area contributed by atoms with E-state index in [2.05, 4.69) is 55.9 Å². The minimum Gasteiger partial charge on any atom is -0.370 e. The third-order valence-electron chi connectivity index (χ3n) is 3.17. The summed E-state index contributed by atoms with van der Waals surface area (Å²) in [5.74, 6) is 2.96. The average molecular weight is 278 g/mol. The molecule has 1 heterocycles. The first-order valence-corrected chi connectivity index (χ1v) is 8.00. The Morgan fingerprint density at radius 1 is 1.10 bits per heavy atom. The summed E-state index contributed by atoms with van der Waals surface area (Å²) >= 11 is 0. The first kappa shape index (κ1) is 16.7. The van der Waals surface area contributed by atoms with Gasteiger partial charge in [-0.3, -0.25) is 0 Å². The average Bonchev–Trinajstić information content (AvgIpc) is 2.42. The standard InChI is InChI=1S/C16H30N4/c1-6-9-14-18-15(17-10-7-2)12-16(19-14)20(11-8-3)13(4)5/h12-13H,6-11H2,1-5H3,(H,17,18,19). The maximum atomic E-state index is 4.75. The van der Waals surface area contributed by atoms with Crippen molar-refractivity contribution >= 4 is 11.6 Å². The molecule has 20 heavy (non-hydrogen) atoms. The van der Waals surface area contributed by atoms with E-state index in [0.29, 0.717) is 6.04 Å². The summed E-state index contributed by atoms with van der Waals surface area (Å²) in [6, 6.07) is 2.54. The van der Waals surface area contributed by atoms with Crippen LogP contribution < -0.4 is 10.2 Å². The first-order chi connectivity index (χ1) is 9.62. The first-order valence-electron chi connectivity index (χ1n) is 8.00. The van der Waals surface area contributed by atoms with Crippen molar-refractivity contribution in [1.82, 2.24) is 9.97 Å². The molecule has 1 aromatic heterocycles. The molecule has 0 radical (unpaired) electrons. The molecular weight excluding hydrogens is 248 g/mol. The Balaban J connectivity index is 3.04. The lowest BCUT2D eigenvalue weighted by Gasteiger charge is -2.28. The van der Waals surface area contributed by atoms with Gasteiger partial charge in [0.25, 0.3) is 0 Å². The lowest BCUT2D eigenvalue weighted by atomic mass is 10.2. The normalized spacial score (nSPS) is 10.9. The molecule has 0 aliphatic carbocycles. The number of aromatic nitrogens is 2. The molecule has 0 unspecified atom stereocenters. The van der Waals surface area contributed by atoms with Crippen molar-refractivity contribution in [1.29, 1.82) is 0 Å². The largest absolute Gasteiger partial charge is 0.370 e. The Kier molecular flexibility index (Phi) is 7.34. The SMILES string of the molecule is CCCNc1cc(N(CCC)C(C)C)nc(CCC)n1. The van der Waals surface area contributed by atoms with Gasteiger partial charge in [-0.05, 0) is 33.1 Å². The Bertz CT molecular complexity index is 390. The predicted octanol–water partition coefficient (Wildman–Crippen LogP) is 3.88. The van der Waals surface area contributed by atoms with Crippen molar-refractivity contribution < 1.29 is 0 Å². The lowest BCUT2D eigenvalue weighted by molar-refractivity contribution is 0.657. The molecule has 4 heteroatoms. The molecule has 4 nitrogen and oxygen atoms in total. The van der Waals surface area contributed by atoms with Gasteiger partial charge in [-0.25, -0.2) is 9.97 Å². The van der Waals surface area contributed by atoms with Crippen molar-refractivity contribution in [3.8, 4) is 0 Å². The maximum absolute atomic E-state index is 4.75. The summed E-state index contributed by atoms with van der Waals surface area (Å²) in [5.41, 5.74) is 0. The van der Waals surface area contributed by atoms with Gasteiger partial charge >= 0.3 is 0 Å². The lowest BCUT2D eigenvalue weighted by Crippen LogP contribution is -2.32. The van der Waals surface area contributed by atoms with Gasteiger partial charge in [0.1, 0.15) is 17.5 Å². The fraction of sp³-hybridized carbons (Fsp3) is 0.750. The zero-order chi connectivity index (χ0) is 15.0. The molecule has 0 spiro atoms. The highest BCUT2D eigenvalue weighted by Crippen LogP contribution is 2.19. The van der Waals surface area contributed by atoms with Crippen LogP contribution in [0.3, 0.4) is 0 Å². The topological polar surface area (TPSA) is 41.0 Å². The molecule has 0 aliphatic rings. The highest BCUT2D eigenvalue weighted by atomic mass is 15.2. The molecule has 0 saturated carbocycles. The molecule has 114 valence electrons. The highest BCUT2D eigenvalue weighted by Gasteiger charge is 2.13. The van der Waals surface area contributed by atoms with E-state index in [1.165, 1.54) is 0 Å². The van der Waals surface area contributed by atoms with E-state index in [9.17, 15) is 0 Å². The number of rotatable bonds is 9. The molecule has 1 rings (SSSR count). The summed E-state index contributed by atoms with van der Waals surface area (Å²) in [4.78, 5) is 11.7. The van der Waals surface area contributed by atoms with Crippen LogP contribution in [0.1, 0.15) is 59.7 Å². The van der Waals surface area contributed by atoms with E-state index >= 15 is 0 Å². The fourth-order valence-electron chi connectivity index (χ4n) is 2.19. The van der Waals surface area contributed by atoms with Gasteiger partial charge < -0.3 is 10.2 Å². The number of aryl methyl sites for hydroxylation is 1. The minimum absolute atomic E-state index is 0.457. The number of hydrogen-bond donors (Lipinski definition) is 1. The van der Waals surface area contributed by atoms with Gasteiger partial charge in [0.05, 0.1) is 0 Å². The van der Waals surface area contributed by atoms with Crippen molar-refractivity contribution in [3.05, 3.63) is 11.9 Å². The molecule has 0 aromatic carbocycles. The van der Waals surface area contributed by atoms with Crippen LogP contribution in [-0.2, 0) is 6.42 Å². The zero-order valence-electron chi connectivity index (χ0n) is 13.7. The van der Waals surface area contributed by atoms with Crippen molar-refractivity contribution in [2.75, 3.05) is 23.3 Å². The molecule has 0 fully saturated rings. The highest BCUT2D eigenvalue weighted by molar-refractivity contribution is 5.50. The molecule has 0 saturated heterocycles. The Labute approximate surface area is 124 Å². The predicted molar refractivity (Wildman–Crippen MR) is 87.6 cm³/mol. The van der Waals surface area contributed by atoms with Gasteiger partial charge in [-0.2, -0.15) is 0 Å².